The zero-order chi connectivity index (χ0) is 12.3. The smallest absolute Gasteiger partial charge is 0.252 e. The van der Waals surface area contributed by atoms with Gasteiger partial charge < -0.3 is 10.4 Å². The van der Waals surface area contributed by atoms with Crippen LogP contribution in [0.3, 0.4) is 0 Å². The first-order chi connectivity index (χ1) is 8.15. The summed E-state index contributed by atoms with van der Waals surface area (Å²) in [5.74, 6) is 0.286. The van der Waals surface area contributed by atoms with Crippen molar-refractivity contribution < 1.29 is 9.90 Å². The highest BCUT2D eigenvalue weighted by Crippen LogP contribution is 2.24. The fraction of sp³-hybridized carbons (Fsp3) is 0.500. The first-order valence-electron chi connectivity index (χ1n) is 5.72. The number of halogens is 1. The van der Waals surface area contributed by atoms with E-state index in [2.05, 4.69) is 26.2 Å². The summed E-state index contributed by atoms with van der Waals surface area (Å²) in [6.07, 6.45) is 5.62. The van der Waals surface area contributed by atoms with Crippen LogP contribution >= 0.6 is 15.9 Å². The van der Waals surface area contributed by atoms with Crippen LogP contribution in [0.2, 0.25) is 0 Å². The van der Waals surface area contributed by atoms with Crippen LogP contribution in [0, 0.1) is 5.92 Å². The monoisotopic (exact) mass is 298 g/mol. The number of carbonyl (C=O) groups excluding carboxylic acids is 1. The molecule has 2 N–H and O–H groups in total. The predicted octanol–water partition coefficient (Wildman–Crippen LogP) is 1.73. The molecule has 1 aromatic rings. The van der Waals surface area contributed by atoms with Crippen molar-refractivity contribution in [3.05, 3.63) is 28.5 Å². The van der Waals surface area contributed by atoms with Gasteiger partial charge in [-0.2, -0.15) is 0 Å². The van der Waals surface area contributed by atoms with Crippen LogP contribution in [0.4, 0.5) is 0 Å². The van der Waals surface area contributed by atoms with Crippen LogP contribution in [-0.4, -0.2) is 28.6 Å². The molecule has 2 rings (SSSR count). The normalized spacial score (nSPS) is 23.6. The molecule has 1 fully saturated rings. The highest BCUT2D eigenvalue weighted by molar-refractivity contribution is 9.10. The number of nitrogens with one attached hydrogen (secondary N) is 1. The first kappa shape index (κ1) is 12.5. The molecule has 1 amide bonds. The molecule has 4 nitrogen and oxygen atoms in total. The molecule has 0 radical (unpaired) electrons. The Balaban J connectivity index is 1.85. The lowest BCUT2D eigenvalue weighted by Crippen LogP contribution is -2.28. The molecule has 1 aliphatic carbocycles. The SMILES string of the molecule is O=C(NCC1CCC(O)C1)c1cncc(Br)c1. The zero-order valence-corrected chi connectivity index (χ0v) is 11.0. The summed E-state index contributed by atoms with van der Waals surface area (Å²) in [4.78, 5) is 15.8. The van der Waals surface area contributed by atoms with Gasteiger partial charge in [-0.05, 0) is 47.2 Å². The van der Waals surface area contributed by atoms with Gasteiger partial charge in [-0.25, -0.2) is 0 Å². The van der Waals surface area contributed by atoms with E-state index < -0.39 is 0 Å². The number of amides is 1. The summed E-state index contributed by atoms with van der Waals surface area (Å²) in [5.41, 5.74) is 0.554. The molecule has 0 bridgehead atoms. The topological polar surface area (TPSA) is 62.2 Å². The highest BCUT2D eigenvalue weighted by Gasteiger charge is 2.23. The second-order valence-corrected chi connectivity index (χ2v) is 5.35. The average Bonchev–Trinajstić information content (AvgIpc) is 2.72. The van der Waals surface area contributed by atoms with Crippen molar-refractivity contribution in [1.29, 1.82) is 0 Å². The summed E-state index contributed by atoms with van der Waals surface area (Å²) >= 11 is 3.28. The second-order valence-electron chi connectivity index (χ2n) is 4.43. The highest BCUT2D eigenvalue weighted by atomic mass is 79.9. The second kappa shape index (κ2) is 5.60. The average molecular weight is 299 g/mol. The largest absolute Gasteiger partial charge is 0.393 e. The van der Waals surface area contributed by atoms with Gasteiger partial charge in [-0.15, -0.1) is 0 Å². The van der Waals surface area contributed by atoms with Gasteiger partial charge in [0.25, 0.3) is 5.91 Å². The maximum Gasteiger partial charge on any atom is 0.252 e. The molecule has 1 aliphatic rings. The Kier molecular flexibility index (Phi) is 4.12. The summed E-state index contributed by atoms with van der Waals surface area (Å²) in [7, 11) is 0. The Morgan fingerprint density at radius 2 is 2.35 bits per heavy atom. The Morgan fingerprint density at radius 3 is 3.00 bits per heavy atom. The minimum absolute atomic E-state index is 0.111. The van der Waals surface area contributed by atoms with Crippen molar-refractivity contribution >= 4 is 21.8 Å². The summed E-state index contributed by atoms with van der Waals surface area (Å²) in [6.45, 7) is 0.627. The lowest BCUT2D eigenvalue weighted by molar-refractivity contribution is 0.0944. The Morgan fingerprint density at radius 1 is 1.53 bits per heavy atom. The van der Waals surface area contributed by atoms with E-state index in [1.165, 1.54) is 0 Å². The van der Waals surface area contributed by atoms with Crippen LogP contribution in [0.25, 0.3) is 0 Å². The lowest BCUT2D eigenvalue weighted by Gasteiger charge is -2.10. The molecular formula is C12H15BrN2O2. The third-order valence-corrected chi connectivity index (χ3v) is 3.47. The van der Waals surface area contributed by atoms with E-state index in [4.69, 9.17) is 0 Å². The molecule has 2 unspecified atom stereocenters. The predicted molar refractivity (Wildman–Crippen MR) is 67.6 cm³/mol. The number of carbonyl (C=O) groups is 1. The van der Waals surface area contributed by atoms with Crippen molar-refractivity contribution in [2.45, 2.75) is 25.4 Å². The fourth-order valence-electron chi connectivity index (χ4n) is 2.11. The molecule has 5 heteroatoms. The number of rotatable bonds is 3. The van der Waals surface area contributed by atoms with Gasteiger partial charge in [0.1, 0.15) is 0 Å². The van der Waals surface area contributed by atoms with Gasteiger partial charge in [-0.3, -0.25) is 9.78 Å². The number of aliphatic hydroxyl groups excluding tert-OH is 1. The number of nitrogens with zero attached hydrogens (tertiary/aromatic N) is 1. The van der Waals surface area contributed by atoms with E-state index in [1.807, 2.05) is 0 Å². The number of hydrogen-bond acceptors (Lipinski definition) is 3. The number of hydrogen-bond donors (Lipinski definition) is 2. The van der Waals surface area contributed by atoms with Crippen molar-refractivity contribution in [3.63, 3.8) is 0 Å². The minimum Gasteiger partial charge on any atom is -0.393 e. The maximum atomic E-state index is 11.8. The molecule has 92 valence electrons. The van der Waals surface area contributed by atoms with E-state index in [0.29, 0.717) is 18.0 Å². The molecule has 0 spiro atoms. The minimum atomic E-state index is -0.190. The van der Waals surface area contributed by atoms with Crippen molar-refractivity contribution in [2.24, 2.45) is 5.92 Å². The van der Waals surface area contributed by atoms with E-state index in [1.54, 1.807) is 18.5 Å². The molecule has 1 aromatic heterocycles. The summed E-state index contributed by atoms with van der Waals surface area (Å²) in [6, 6.07) is 1.74. The third-order valence-electron chi connectivity index (χ3n) is 3.03. The van der Waals surface area contributed by atoms with Gasteiger partial charge in [0, 0.05) is 23.4 Å². The maximum absolute atomic E-state index is 11.8. The van der Waals surface area contributed by atoms with Crippen LogP contribution in [0.5, 0.6) is 0 Å². The van der Waals surface area contributed by atoms with Crippen LogP contribution in [-0.2, 0) is 0 Å². The summed E-state index contributed by atoms with van der Waals surface area (Å²) in [5, 5.41) is 12.3. The van der Waals surface area contributed by atoms with Crippen LogP contribution in [0.15, 0.2) is 22.9 Å². The van der Waals surface area contributed by atoms with Gasteiger partial charge in [-0.1, -0.05) is 0 Å². The Hall–Kier alpha value is -0.940. The van der Waals surface area contributed by atoms with Crippen molar-refractivity contribution in [3.8, 4) is 0 Å². The van der Waals surface area contributed by atoms with Crippen LogP contribution < -0.4 is 5.32 Å². The molecule has 1 heterocycles. The zero-order valence-electron chi connectivity index (χ0n) is 9.40. The Labute approximate surface area is 109 Å². The molecule has 2 atom stereocenters. The van der Waals surface area contributed by atoms with E-state index in [0.717, 1.165) is 23.7 Å². The number of aromatic nitrogens is 1. The molecule has 0 saturated heterocycles. The van der Waals surface area contributed by atoms with E-state index in [-0.39, 0.29) is 12.0 Å². The van der Waals surface area contributed by atoms with Gasteiger partial charge in [0.05, 0.1) is 11.7 Å². The molecular weight excluding hydrogens is 284 g/mol. The standard InChI is InChI=1S/C12H15BrN2O2/c13-10-4-9(6-14-7-10)12(17)15-5-8-1-2-11(16)3-8/h4,6-8,11,16H,1-3,5H2,(H,15,17). The first-order valence-corrected chi connectivity index (χ1v) is 6.51. The van der Waals surface area contributed by atoms with Crippen molar-refractivity contribution in [2.75, 3.05) is 6.54 Å². The molecule has 0 aromatic carbocycles. The quantitative estimate of drug-likeness (QED) is 0.893. The number of aliphatic hydroxyl groups is 1. The Bertz CT molecular complexity index is 411. The molecule has 0 aliphatic heterocycles. The van der Waals surface area contributed by atoms with Crippen LogP contribution in [0.1, 0.15) is 29.6 Å². The van der Waals surface area contributed by atoms with Crippen molar-refractivity contribution in [1.82, 2.24) is 10.3 Å². The molecule has 1 saturated carbocycles. The van der Waals surface area contributed by atoms with Gasteiger partial charge >= 0.3 is 0 Å². The molecule has 17 heavy (non-hydrogen) atoms. The lowest BCUT2D eigenvalue weighted by atomic mass is 10.1. The fourth-order valence-corrected chi connectivity index (χ4v) is 2.47. The summed E-state index contributed by atoms with van der Waals surface area (Å²) < 4.78 is 0.793. The van der Waals surface area contributed by atoms with E-state index in [9.17, 15) is 9.90 Å². The third kappa shape index (κ3) is 3.51. The number of pyridine rings is 1. The van der Waals surface area contributed by atoms with Gasteiger partial charge in [0.15, 0.2) is 0 Å². The van der Waals surface area contributed by atoms with Gasteiger partial charge in [0.2, 0.25) is 0 Å². The van der Waals surface area contributed by atoms with E-state index >= 15 is 0 Å².